The van der Waals surface area contributed by atoms with Gasteiger partial charge in [-0.3, -0.25) is 19.8 Å². The van der Waals surface area contributed by atoms with Gasteiger partial charge in [-0.2, -0.15) is 0 Å². The van der Waals surface area contributed by atoms with Crippen LogP contribution in [0.5, 0.6) is 17.2 Å². The zero-order valence-electron chi connectivity index (χ0n) is 38.7. The number of piperidine rings is 1. The van der Waals surface area contributed by atoms with Gasteiger partial charge in [-0.15, -0.1) is 0 Å². The highest BCUT2D eigenvalue weighted by Crippen LogP contribution is 2.49. The molecule has 5 aliphatic rings. The van der Waals surface area contributed by atoms with Gasteiger partial charge >= 0.3 is 0 Å². The van der Waals surface area contributed by atoms with Crippen molar-refractivity contribution in [3.8, 4) is 17.2 Å². The molecule has 2 aliphatic carbocycles. The van der Waals surface area contributed by atoms with Gasteiger partial charge in [0.25, 0.3) is 21.6 Å². The summed E-state index contributed by atoms with van der Waals surface area (Å²) in [6.07, 6.45) is 10.2. The Bertz CT molecular complexity index is 2820. The molecule has 0 bridgehead atoms. The van der Waals surface area contributed by atoms with E-state index in [1.807, 2.05) is 25.1 Å². The fraction of sp³-hybridized carbons (Fsp3) is 0.490. The number of sulfonamides is 1. The predicted molar refractivity (Wildman–Crippen MR) is 257 cm³/mol. The number of H-pyrrole nitrogens is 1. The number of nitro benzene ring substituents is 1. The number of aliphatic hydroxyl groups is 1. The fourth-order valence-corrected chi connectivity index (χ4v) is 12.7. The quantitative estimate of drug-likeness (QED) is 0.0727. The summed E-state index contributed by atoms with van der Waals surface area (Å²) in [4.78, 5) is 38.2. The van der Waals surface area contributed by atoms with Gasteiger partial charge in [-0.25, -0.2) is 18.1 Å². The van der Waals surface area contributed by atoms with Crippen molar-refractivity contribution < 1.29 is 32.7 Å². The van der Waals surface area contributed by atoms with E-state index in [0.29, 0.717) is 60.7 Å². The molecule has 15 nitrogen and oxygen atoms in total. The summed E-state index contributed by atoms with van der Waals surface area (Å²) < 4.78 is 42.7. The topological polar surface area (TPSA) is 192 Å². The lowest BCUT2D eigenvalue weighted by atomic mass is 9.70. The number of aryl methyl sites for hydroxylation is 1. The number of nitrogens with zero attached hydrogens (tertiary/aromatic N) is 4. The number of hydrogen-bond acceptors (Lipinski definition) is 12. The Balaban J connectivity index is 0.866. The number of likely N-dealkylation sites (tertiary alicyclic amines) is 1. The van der Waals surface area contributed by atoms with Crippen LogP contribution in [0.25, 0.3) is 11.0 Å². The number of nitro groups is 1. The van der Waals surface area contributed by atoms with Gasteiger partial charge in [0.2, 0.25) is 0 Å². The first-order valence-corrected chi connectivity index (χ1v) is 25.4. The van der Waals surface area contributed by atoms with Gasteiger partial charge in [-0.1, -0.05) is 44.5 Å². The largest absolute Gasteiger partial charge is 0.489 e. The molecule has 2 saturated carbocycles. The molecule has 0 unspecified atom stereocenters. The number of benzene rings is 3. The molecule has 2 aromatic heterocycles. The lowest BCUT2D eigenvalue weighted by Crippen LogP contribution is -2.63. The summed E-state index contributed by atoms with van der Waals surface area (Å²) in [5.74, 6) is 0.769. The minimum Gasteiger partial charge on any atom is -0.489 e. The van der Waals surface area contributed by atoms with Gasteiger partial charge in [-0.05, 0) is 124 Å². The highest BCUT2D eigenvalue weighted by atomic mass is 32.2. The molecule has 3 atom stereocenters. The average Bonchev–Trinajstić information content (AvgIpc) is 3.97. The molecular weight excluding hydrogens is 871 g/mol. The van der Waals surface area contributed by atoms with Crippen molar-refractivity contribution in [1.82, 2.24) is 19.6 Å². The van der Waals surface area contributed by atoms with Crippen LogP contribution in [-0.4, -0.2) is 89.7 Å². The predicted octanol–water partition coefficient (Wildman–Crippen LogP) is 9.17. The normalized spacial score (nSPS) is 25.0. The minimum absolute atomic E-state index is 0.00523. The summed E-state index contributed by atoms with van der Waals surface area (Å²) >= 11 is 0. The van der Waals surface area contributed by atoms with Crippen LogP contribution in [0.3, 0.4) is 0 Å². The molecule has 1 amide bonds. The molecule has 3 aliphatic heterocycles. The van der Waals surface area contributed by atoms with Crippen molar-refractivity contribution in [3.05, 3.63) is 105 Å². The molecule has 5 aromatic rings. The van der Waals surface area contributed by atoms with E-state index in [-0.39, 0.29) is 46.7 Å². The highest BCUT2D eigenvalue weighted by Gasteiger charge is 2.49. The van der Waals surface area contributed by atoms with Crippen molar-refractivity contribution in [2.24, 2.45) is 11.3 Å². The molecule has 0 radical (unpaired) electrons. The third-order valence-corrected chi connectivity index (χ3v) is 16.9. The van der Waals surface area contributed by atoms with Gasteiger partial charge < -0.3 is 29.8 Å². The molecular formula is C51H61N7O8S. The number of ether oxygens (including phenoxy) is 2. The minimum atomic E-state index is -4.67. The van der Waals surface area contributed by atoms with Gasteiger partial charge in [0.1, 0.15) is 23.8 Å². The monoisotopic (exact) mass is 931 g/mol. The number of carbonyl (C=O) groups excluding carboxylic acids is 1. The van der Waals surface area contributed by atoms with Crippen LogP contribution in [-0.2, 0) is 10.0 Å². The number of fused-ring (bicyclic) bond motifs is 2. The van der Waals surface area contributed by atoms with E-state index in [9.17, 15) is 28.4 Å². The number of aromatic nitrogens is 2. The first kappa shape index (κ1) is 45.1. The van der Waals surface area contributed by atoms with Crippen LogP contribution in [0.15, 0.2) is 77.8 Å². The maximum absolute atomic E-state index is 14.2. The molecule has 67 heavy (non-hydrogen) atoms. The Hall–Kier alpha value is -5.71. The Morgan fingerprint density at radius 1 is 1.00 bits per heavy atom. The average molecular weight is 932 g/mol. The van der Waals surface area contributed by atoms with E-state index in [0.717, 1.165) is 56.2 Å². The van der Waals surface area contributed by atoms with E-state index in [1.54, 1.807) is 25.3 Å². The maximum Gasteiger partial charge on any atom is 0.297 e. The number of nitrogens with one attached hydrogen (secondary N) is 3. The van der Waals surface area contributed by atoms with Crippen molar-refractivity contribution in [3.63, 3.8) is 0 Å². The lowest BCUT2D eigenvalue weighted by molar-refractivity contribution is -0.384. The van der Waals surface area contributed by atoms with Gasteiger partial charge in [0.15, 0.2) is 11.4 Å². The summed E-state index contributed by atoms with van der Waals surface area (Å²) in [6, 6.07) is 20.4. The molecule has 10 rings (SSSR count). The van der Waals surface area contributed by atoms with E-state index >= 15 is 0 Å². The van der Waals surface area contributed by atoms with Crippen LogP contribution < -0.4 is 24.4 Å². The Kier molecular flexibility index (Phi) is 11.7. The number of hydrogen-bond donors (Lipinski definition) is 4. The maximum atomic E-state index is 14.2. The second-order valence-corrected chi connectivity index (χ2v) is 22.1. The number of carbonyl (C=O) groups is 1. The van der Waals surface area contributed by atoms with Gasteiger partial charge in [0.05, 0.1) is 32.7 Å². The molecule has 4 fully saturated rings. The smallest absolute Gasteiger partial charge is 0.297 e. The van der Waals surface area contributed by atoms with Crippen molar-refractivity contribution in [1.29, 1.82) is 0 Å². The Morgan fingerprint density at radius 3 is 2.51 bits per heavy atom. The zero-order valence-corrected chi connectivity index (χ0v) is 39.5. The number of pyridine rings is 1. The summed E-state index contributed by atoms with van der Waals surface area (Å²) in [5, 5.41) is 26.9. The van der Waals surface area contributed by atoms with Crippen LogP contribution in [0.4, 0.5) is 17.1 Å². The van der Waals surface area contributed by atoms with Crippen LogP contribution in [0.2, 0.25) is 0 Å². The number of aromatic amines is 1. The van der Waals surface area contributed by atoms with Crippen LogP contribution in [0.1, 0.15) is 118 Å². The van der Waals surface area contributed by atoms with E-state index in [4.69, 9.17) is 9.47 Å². The first-order chi connectivity index (χ1) is 32.1. The van der Waals surface area contributed by atoms with E-state index in [1.165, 1.54) is 36.5 Å². The number of amides is 1. The van der Waals surface area contributed by atoms with Crippen LogP contribution in [0, 0.1) is 28.4 Å². The Labute approximate surface area is 391 Å². The second-order valence-electron chi connectivity index (χ2n) is 20.5. The van der Waals surface area contributed by atoms with Crippen LogP contribution >= 0.6 is 0 Å². The molecule has 4 N–H and O–H groups in total. The lowest BCUT2D eigenvalue weighted by Gasteiger charge is -2.57. The zero-order chi connectivity index (χ0) is 46.8. The van der Waals surface area contributed by atoms with Gasteiger partial charge in [0, 0.05) is 67.7 Å². The first-order valence-electron chi connectivity index (χ1n) is 23.9. The summed E-state index contributed by atoms with van der Waals surface area (Å²) in [5.41, 5.74) is 4.18. The summed E-state index contributed by atoms with van der Waals surface area (Å²) in [7, 11) is -4.67. The number of rotatable bonds is 11. The van der Waals surface area contributed by atoms with Crippen molar-refractivity contribution in [2.75, 3.05) is 43.0 Å². The molecule has 3 aromatic carbocycles. The molecule has 354 valence electrons. The van der Waals surface area contributed by atoms with Crippen molar-refractivity contribution >= 4 is 44.0 Å². The standard InChI is InChI=1S/C51H61N7O8S/c1-31(2)37-8-5-6-9-38(37)39-10-7-11-42(39)57-29-51(30-57)19-22-56(23-20-51)35-12-13-40(45(25-35)66-44-24-34-16-21-52-48(34)53-32(44)3)49(59)55-67(63,64)36-26-43(58(61)62)47-46(27-36)65-28-41(54-47)33-14-17-50(4,60)18-15-33/h5-6,8-9,12-13,16,21,24-27,31,33,39,41-42,54,60H,7,10-11,14-15,17-20,22-23,28-30H2,1-4H3,(H,52,53)(H,55,59)/t33?,39-,41+,42-,50?/m0/s1. The third-order valence-electron chi connectivity index (χ3n) is 15.6. The third kappa shape index (κ3) is 8.83. The second kappa shape index (κ2) is 17.4. The van der Waals surface area contributed by atoms with E-state index < -0.39 is 37.0 Å². The van der Waals surface area contributed by atoms with Crippen molar-refractivity contribution in [2.45, 2.75) is 120 Å². The SMILES string of the molecule is Cc1nc2[nH]ccc2cc1Oc1cc(N2CCC3(CC2)CN([C@H]2CCC[C@H]2c2ccccc2C(C)C)C3)ccc1C(=O)NS(=O)(=O)c1cc2c(c([N+](=O)[O-])c1)N[C@@H](C1CCC(C)(O)CC1)CO2. The molecule has 1 spiro atoms. The molecule has 5 heterocycles. The highest BCUT2D eigenvalue weighted by molar-refractivity contribution is 7.90. The summed E-state index contributed by atoms with van der Waals surface area (Å²) in [6.45, 7) is 12.2. The molecule has 16 heteroatoms. The fourth-order valence-electron chi connectivity index (χ4n) is 11.7. The number of anilines is 2. The van der Waals surface area contributed by atoms with E-state index in [2.05, 4.69) is 67.9 Å². The molecule has 2 saturated heterocycles. The Morgan fingerprint density at radius 2 is 1.76 bits per heavy atom.